The van der Waals surface area contributed by atoms with Crippen LogP contribution in [0.15, 0.2) is 65.9 Å². The summed E-state index contributed by atoms with van der Waals surface area (Å²) < 4.78 is 38.0. The van der Waals surface area contributed by atoms with E-state index in [4.69, 9.17) is 9.47 Å². The highest BCUT2D eigenvalue weighted by Gasteiger charge is 2.16. The van der Waals surface area contributed by atoms with Gasteiger partial charge in [0.25, 0.3) is 0 Å². The van der Waals surface area contributed by atoms with Crippen molar-refractivity contribution in [1.82, 2.24) is 20.2 Å². The third kappa shape index (κ3) is 7.88. The van der Waals surface area contributed by atoms with E-state index in [-0.39, 0.29) is 42.0 Å². The molecule has 178 valence electrons. The van der Waals surface area contributed by atoms with Crippen molar-refractivity contribution < 1.29 is 18.3 Å². The average Bonchev–Trinajstić information content (AvgIpc) is 3.23. The van der Waals surface area contributed by atoms with E-state index in [2.05, 4.69) is 37.3 Å². The topological polar surface area (TPSA) is 72.7 Å². The molecule has 1 aromatic heterocycles. The Bertz CT molecular complexity index is 1020. The van der Waals surface area contributed by atoms with Crippen LogP contribution in [0.5, 0.6) is 11.5 Å². The first-order valence-corrected chi connectivity index (χ1v) is 10.3. The Hall–Kier alpha value is -2.89. The number of nitrogens with one attached hydrogen (secondary N) is 2. The highest BCUT2D eigenvalue weighted by atomic mass is 127. The molecule has 7 nitrogen and oxygen atoms in total. The molecule has 0 fully saturated rings. The number of hydrogen-bond donors (Lipinski definition) is 2. The third-order valence-electron chi connectivity index (χ3n) is 4.65. The summed E-state index contributed by atoms with van der Waals surface area (Å²) >= 11 is 0. The summed E-state index contributed by atoms with van der Waals surface area (Å²) in [6.45, 7) is 0.554. The molecule has 0 amide bonds. The first kappa shape index (κ1) is 26.4. The minimum absolute atomic E-state index is 0. The van der Waals surface area contributed by atoms with E-state index in [0.29, 0.717) is 31.2 Å². The quantitative estimate of drug-likeness (QED) is 0.214. The number of para-hydroxylation sites is 1. The van der Waals surface area contributed by atoms with E-state index in [0.717, 1.165) is 5.82 Å². The van der Waals surface area contributed by atoms with Gasteiger partial charge in [-0.3, -0.25) is 4.99 Å². The van der Waals surface area contributed by atoms with Gasteiger partial charge < -0.3 is 24.7 Å². The number of rotatable bonds is 10. The van der Waals surface area contributed by atoms with Crippen molar-refractivity contribution in [3.05, 3.63) is 77.9 Å². The van der Waals surface area contributed by atoms with Gasteiger partial charge in [-0.1, -0.05) is 42.5 Å². The summed E-state index contributed by atoms with van der Waals surface area (Å²) in [6, 6.07) is 15.1. The minimum atomic E-state index is -2.95. The highest BCUT2D eigenvalue weighted by Crippen LogP contribution is 2.32. The van der Waals surface area contributed by atoms with E-state index < -0.39 is 6.61 Å². The standard InChI is InChI=1S/C23H27F2N5O2.HI/c1-3-31-19-11-7-10-18(21(19)32-22(24)25)14-28-23(26-2)29-15-20-27-12-13-30(20)16-17-8-5-4-6-9-17;/h4-13,22H,3,14-16H2,1-2H3,(H2,26,28,29);1H. The summed E-state index contributed by atoms with van der Waals surface area (Å²) in [5.74, 6) is 1.64. The molecule has 3 aromatic rings. The van der Waals surface area contributed by atoms with Crippen LogP contribution in [-0.2, 0) is 19.6 Å². The molecule has 0 aliphatic heterocycles. The highest BCUT2D eigenvalue weighted by molar-refractivity contribution is 14.0. The van der Waals surface area contributed by atoms with Crippen molar-refractivity contribution >= 4 is 29.9 Å². The van der Waals surface area contributed by atoms with Gasteiger partial charge in [-0.2, -0.15) is 8.78 Å². The van der Waals surface area contributed by atoms with Crippen molar-refractivity contribution in [3.63, 3.8) is 0 Å². The first-order valence-electron chi connectivity index (χ1n) is 10.3. The maximum Gasteiger partial charge on any atom is 0.387 e. The molecule has 2 aromatic carbocycles. The van der Waals surface area contributed by atoms with Gasteiger partial charge in [0.15, 0.2) is 17.5 Å². The Morgan fingerprint density at radius 1 is 1.09 bits per heavy atom. The fourth-order valence-corrected chi connectivity index (χ4v) is 3.19. The van der Waals surface area contributed by atoms with E-state index in [9.17, 15) is 8.78 Å². The molecule has 0 radical (unpaired) electrons. The maximum absolute atomic E-state index is 12.9. The van der Waals surface area contributed by atoms with Crippen molar-refractivity contribution in [2.24, 2.45) is 4.99 Å². The lowest BCUT2D eigenvalue weighted by atomic mass is 10.2. The lowest BCUT2D eigenvalue weighted by Crippen LogP contribution is -2.37. The molecule has 0 atom stereocenters. The number of guanidine groups is 1. The predicted octanol–water partition coefficient (Wildman–Crippen LogP) is 4.41. The minimum Gasteiger partial charge on any atom is -0.490 e. The maximum atomic E-state index is 12.9. The van der Waals surface area contributed by atoms with E-state index in [1.54, 1.807) is 38.4 Å². The van der Waals surface area contributed by atoms with Crippen LogP contribution in [0.25, 0.3) is 0 Å². The summed E-state index contributed by atoms with van der Waals surface area (Å²) in [7, 11) is 1.64. The van der Waals surface area contributed by atoms with Crippen molar-refractivity contribution in [2.75, 3.05) is 13.7 Å². The second kappa shape index (κ2) is 13.6. The van der Waals surface area contributed by atoms with Crippen molar-refractivity contribution in [3.8, 4) is 11.5 Å². The van der Waals surface area contributed by atoms with Gasteiger partial charge in [0, 0.05) is 38.1 Å². The van der Waals surface area contributed by atoms with E-state index in [1.165, 1.54) is 5.56 Å². The van der Waals surface area contributed by atoms with Crippen LogP contribution in [0.2, 0.25) is 0 Å². The third-order valence-corrected chi connectivity index (χ3v) is 4.65. The van der Waals surface area contributed by atoms with E-state index >= 15 is 0 Å². The lowest BCUT2D eigenvalue weighted by molar-refractivity contribution is -0.0520. The molecule has 0 aliphatic carbocycles. The molecule has 2 N–H and O–H groups in total. The van der Waals surface area contributed by atoms with Gasteiger partial charge in [-0.25, -0.2) is 4.98 Å². The lowest BCUT2D eigenvalue weighted by Gasteiger charge is -2.17. The SMILES string of the molecule is CCOc1cccc(CNC(=NC)NCc2nccn2Cc2ccccc2)c1OC(F)F.I. The number of benzene rings is 2. The number of aromatic nitrogens is 2. The number of imidazole rings is 1. The van der Waals surface area contributed by atoms with E-state index in [1.807, 2.05) is 24.4 Å². The van der Waals surface area contributed by atoms with Gasteiger partial charge in [-0.15, -0.1) is 24.0 Å². The number of ether oxygens (including phenoxy) is 2. The Morgan fingerprint density at radius 3 is 2.55 bits per heavy atom. The van der Waals surface area contributed by atoms with Gasteiger partial charge >= 0.3 is 6.61 Å². The first-order chi connectivity index (χ1) is 15.6. The molecule has 33 heavy (non-hydrogen) atoms. The van der Waals surface area contributed by atoms with Crippen LogP contribution in [0.1, 0.15) is 23.9 Å². The zero-order valence-electron chi connectivity index (χ0n) is 18.5. The van der Waals surface area contributed by atoms with Crippen LogP contribution in [0, 0.1) is 0 Å². The van der Waals surface area contributed by atoms with Crippen LogP contribution in [0.3, 0.4) is 0 Å². The summed E-state index contributed by atoms with van der Waals surface area (Å²) in [6.07, 6.45) is 3.68. The second-order valence-corrected chi connectivity index (χ2v) is 6.79. The van der Waals surface area contributed by atoms with Gasteiger partial charge in [0.2, 0.25) is 0 Å². The van der Waals surface area contributed by atoms with Crippen LogP contribution >= 0.6 is 24.0 Å². The summed E-state index contributed by atoms with van der Waals surface area (Å²) in [5, 5.41) is 6.33. The number of halogens is 3. The van der Waals surface area contributed by atoms with Gasteiger partial charge in [0.1, 0.15) is 5.82 Å². The Kier molecular flexibility index (Phi) is 10.9. The number of alkyl halides is 2. The average molecular weight is 571 g/mol. The predicted molar refractivity (Wildman–Crippen MR) is 134 cm³/mol. The summed E-state index contributed by atoms with van der Waals surface area (Å²) in [4.78, 5) is 8.62. The fraction of sp³-hybridized carbons (Fsp3) is 0.304. The molecular weight excluding hydrogens is 543 g/mol. The molecule has 1 heterocycles. The summed E-state index contributed by atoms with van der Waals surface area (Å²) in [5.41, 5.74) is 1.71. The molecule has 0 aliphatic rings. The second-order valence-electron chi connectivity index (χ2n) is 6.79. The molecule has 0 saturated heterocycles. The van der Waals surface area contributed by atoms with Crippen molar-refractivity contribution in [2.45, 2.75) is 33.2 Å². The van der Waals surface area contributed by atoms with Gasteiger partial charge in [0.05, 0.1) is 13.2 Å². The fourth-order valence-electron chi connectivity index (χ4n) is 3.19. The van der Waals surface area contributed by atoms with Gasteiger partial charge in [-0.05, 0) is 18.6 Å². The molecular formula is C23H28F2IN5O2. The Balaban J connectivity index is 0.00000385. The number of hydrogen-bond acceptors (Lipinski definition) is 4. The largest absolute Gasteiger partial charge is 0.490 e. The zero-order valence-corrected chi connectivity index (χ0v) is 20.8. The van der Waals surface area contributed by atoms with Crippen molar-refractivity contribution in [1.29, 1.82) is 0 Å². The van der Waals surface area contributed by atoms with Crippen LogP contribution < -0.4 is 20.1 Å². The smallest absolute Gasteiger partial charge is 0.387 e. The number of aliphatic imine (C=N–C) groups is 1. The Labute approximate surface area is 209 Å². The molecule has 0 unspecified atom stereocenters. The molecule has 0 saturated carbocycles. The van der Waals surface area contributed by atoms with Crippen LogP contribution in [-0.4, -0.2) is 35.8 Å². The molecule has 0 bridgehead atoms. The molecule has 10 heteroatoms. The zero-order chi connectivity index (χ0) is 22.8. The molecule has 3 rings (SSSR count). The van der Waals surface area contributed by atoms with Crippen LogP contribution in [0.4, 0.5) is 8.78 Å². The number of nitrogens with zero attached hydrogens (tertiary/aromatic N) is 3. The monoisotopic (exact) mass is 571 g/mol. The normalized spacial score (nSPS) is 11.1. The Morgan fingerprint density at radius 2 is 1.85 bits per heavy atom. The molecule has 0 spiro atoms.